The summed E-state index contributed by atoms with van der Waals surface area (Å²) in [6, 6.07) is 12.6. The van der Waals surface area contributed by atoms with Gasteiger partial charge in [-0.05, 0) is 36.8 Å². The molecule has 1 N–H and O–H groups in total. The largest absolute Gasteiger partial charge is 0.497 e. The number of pyridine rings is 1. The maximum Gasteiger partial charge on any atom is 0.251 e. The highest BCUT2D eigenvalue weighted by molar-refractivity contribution is 7.22. The number of thiazole rings is 1. The number of ether oxygens (including phenoxy) is 2. The lowest BCUT2D eigenvalue weighted by Crippen LogP contribution is -2.28. The van der Waals surface area contributed by atoms with Crippen LogP contribution in [-0.2, 0) is 11.3 Å². The smallest absolute Gasteiger partial charge is 0.251 e. The minimum absolute atomic E-state index is 0.144. The van der Waals surface area contributed by atoms with Gasteiger partial charge in [0, 0.05) is 11.5 Å². The second-order valence-electron chi connectivity index (χ2n) is 6.51. The molecule has 148 valence electrons. The number of hydrogen-bond acceptors (Lipinski definition) is 6. The average Bonchev–Trinajstić information content (AvgIpc) is 3.11. The molecule has 0 aliphatic heterocycles. The number of carbonyl (C=O) groups is 1. The summed E-state index contributed by atoms with van der Waals surface area (Å²) in [6.45, 7) is 1.72. The first-order chi connectivity index (χ1) is 14.0. The molecule has 2 aromatic carbocycles. The van der Waals surface area contributed by atoms with Gasteiger partial charge in [-0.3, -0.25) is 14.2 Å². The molecule has 2 aromatic heterocycles. The second-order valence-corrected chi connectivity index (χ2v) is 7.54. The van der Waals surface area contributed by atoms with Crippen molar-refractivity contribution in [2.45, 2.75) is 13.5 Å². The maximum absolute atomic E-state index is 12.7. The van der Waals surface area contributed by atoms with E-state index in [4.69, 9.17) is 9.47 Å². The van der Waals surface area contributed by atoms with E-state index in [1.165, 1.54) is 22.0 Å². The van der Waals surface area contributed by atoms with Gasteiger partial charge >= 0.3 is 0 Å². The normalized spacial score (nSPS) is 11.0. The Morgan fingerprint density at radius 3 is 2.76 bits per heavy atom. The van der Waals surface area contributed by atoms with Gasteiger partial charge in [0.25, 0.3) is 5.56 Å². The summed E-state index contributed by atoms with van der Waals surface area (Å²) in [7, 11) is 3.14. The van der Waals surface area contributed by atoms with Gasteiger partial charge in [-0.1, -0.05) is 23.5 Å². The summed E-state index contributed by atoms with van der Waals surface area (Å²) in [6.07, 6.45) is 0. The molecule has 29 heavy (non-hydrogen) atoms. The number of para-hydroxylation sites is 1. The lowest BCUT2D eigenvalue weighted by atomic mass is 10.1. The zero-order valence-corrected chi connectivity index (χ0v) is 17.0. The number of carbonyl (C=O) groups excluding carboxylic acids is 1. The van der Waals surface area contributed by atoms with Gasteiger partial charge in [0.1, 0.15) is 18.0 Å². The number of benzene rings is 2. The molecule has 0 aliphatic carbocycles. The Labute approximate surface area is 170 Å². The average molecular weight is 409 g/mol. The Bertz CT molecular complexity index is 1290. The van der Waals surface area contributed by atoms with Crippen molar-refractivity contribution in [3.8, 4) is 11.5 Å². The number of nitrogens with zero attached hydrogens (tertiary/aromatic N) is 2. The first-order valence-electron chi connectivity index (χ1n) is 8.91. The third kappa shape index (κ3) is 3.54. The van der Waals surface area contributed by atoms with E-state index in [0.717, 1.165) is 26.9 Å². The molecule has 7 nitrogen and oxygen atoms in total. The number of aryl methyl sites for hydroxylation is 1. The van der Waals surface area contributed by atoms with Crippen LogP contribution < -0.4 is 20.3 Å². The van der Waals surface area contributed by atoms with E-state index in [1.807, 2.05) is 37.3 Å². The summed E-state index contributed by atoms with van der Waals surface area (Å²) in [5, 5.41) is 4.12. The molecule has 4 rings (SSSR count). The van der Waals surface area contributed by atoms with Crippen molar-refractivity contribution in [2.24, 2.45) is 0 Å². The van der Waals surface area contributed by atoms with E-state index in [1.54, 1.807) is 20.3 Å². The zero-order chi connectivity index (χ0) is 20.5. The van der Waals surface area contributed by atoms with Crippen LogP contribution in [0.25, 0.3) is 21.1 Å². The van der Waals surface area contributed by atoms with Crippen molar-refractivity contribution in [1.29, 1.82) is 0 Å². The molecule has 0 saturated carbocycles. The highest BCUT2D eigenvalue weighted by Crippen LogP contribution is 2.29. The van der Waals surface area contributed by atoms with Gasteiger partial charge in [-0.15, -0.1) is 0 Å². The zero-order valence-electron chi connectivity index (χ0n) is 16.2. The van der Waals surface area contributed by atoms with Crippen molar-refractivity contribution in [1.82, 2.24) is 9.55 Å². The number of anilines is 1. The molecule has 8 heteroatoms. The predicted octanol–water partition coefficient (Wildman–Crippen LogP) is 3.58. The van der Waals surface area contributed by atoms with Crippen LogP contribution in [0.2, 0.25) is 0 Å². The summed E-state index contributed by atoms with van der Waals surface area (Å²) < 4.78 is 13.0. The van der Waals surface area contributed by atoms with Crippen LogP contribution in [0, 0.1) is 6.92 Å². The minimum atomic E-state index is -0.339. The maximum atomic E-state index is 12.7. The molecule has 0 unspecified atom stereocenters. The van der Waals surface area contributed by atoms with Crippen molar-refractivity contribution in [3.05, 3.63) is 58.4 Å². The quantitative estimate of drug-likeness (QED) is 0.545. The number of methoxy groups -OCH3 is 2. The molecule has 4 aromatic rings. The Morgan fingerprint density at radius 2 is 2.00 bits per heavy atom. The molecule has 2 heterocycles. The van der Waals surface area contributed by atoms with Crippen molar-refractivity contribution < 1.29 is 14.3 Å². The van der Waals surface area contributed by atoms with E-state index in [0.29, 0.717) is 16.4 Å². The summed E-state index contributed by atoms with van der Waals surface area (Å²) in [4.78, 5) is 29.7. The van der Waals surface area contributed by atoms with Gasteiger partial charge in [-0.25, -0.2) is 4.98 Å². The first-order valence-corrected chi connectivity index (χ1v) is 9.73. The van der Waals surface area contributed by atoms with Crippen molar-refractivity contribution in [2.75, 3.05) is 19.5 Å². The van der Waals surface area contributed by atoms with Gasteiger partial charge in [0.15, 0.2) is 5.13 Å². The SMILES string of the molecule is COc1ccc2nc(NC(=O)Cn3c(=O)cc(C)c4cccc(OC)c43)sc2c1. The number of hydrogen-bond donors (Lipinski definition) is 1. The molecule has 0 radical (unpaired) electrons. The number of fused-ring (bicyclic) bond motifs is 2. The Hall–Kier alpha value is -3.39. The molecule has 0 bridgehead atoms. The third-order valence-electron chi connectivity index (χ3n) is 4.66. The minimum Gasteiger partial charge on any atom is -0.497 e. The van der Waals surface area contributed by atoms with Crippen LogP contribution in [0.4, 0.5) is 5.13 Å². The molecule has 0 spiro atoms. The molecule has 0 saturated heterocycles. The van der Waals surface area contributed by atoms with Gasteiger partial charge in [-0.2, -0.15) is 0 Å². The fourth-order valence-corrected chi connectivity index (χ4v) is 4.19. The fraction of sp³-hybridized carbons (Fsp3) is 0.190. The Morgan fingerprint density at radius 1 is 1.17 bits per heavy atom. The Kier molecular flexibility index (Phi) is 4.94. The van der Waals surface area contributed by atoms with E-state index < -0.39 is 0 Å². The van der Waals surface area contributed by atoms with Crippen molar-refractivity contribution in [3.63, 3.8) is 0 Å². The van der Waals surface area contributed by atoms with E-state index in [9.17, 15) is 9.59 Å². The Balaban J connectivity index is 1.67. The number of amides is 1. The molecule has 0 atom stereocenters. The summed E-state index contributed by atoms with van der Waals surface area (Å²) in [5.74, 6) is 0.932. The van der Waals surface area contributed by atoms with Crippen LogP contribution in [0.3, 0.4) is 0 Å². The van der Waals surface area contributed by atoms with Crippen LogP contribution in [0.5, 0.6) is 11.5 Å². The topological polar surface area (TPSA) is 82.5 Å². The molecular formula is C21H19N3O4S. The monoisotopic (exact) mass is 409 g/mol. The first kappa shape index (κ1) is 18.9. The van der Waals surface area contributed by atoms with E-state index in [-0.39, 0.29) is 18.0 Å². The highest BCUT2D eigenvalue weighted by atomic mass is 32.1. The van der Waals surface area contributed by atoms with Gasteiger partial charge in [0.05, 0.1) is 30.0 Å². The van der Waals surface area contributed by atoms with Crippen LogP contribution >= 0.6 is 11.3 Å². The van der Waals surface area contributed by atoms with Crippen LogP contribution in [0.1, 0.15) is 5.56 Å². The third-order valence-corrected chi connectivity index (χ3v) is 5.60. The van der Waals surface area contributed by atoms with Crippen LogP contribution in [0.15, 0.2) is 47.3 Å². The lowest BCUT2D eigenvalue weighted by molar-refractivity contribution is -0.116. The molecular weight excluding hydrogens is 390 g/mol. The van der Waals surface area contributed by atoms with E-state index >= 15 is 0 Å². The summed E-state index contributed by atoms with van der Waals surface area (Å²) >= 11 is 1.35. The number of aromatic nitrogens is 2. The number of rotatable bonds is 5. The highest BCUT2D eigenvalue weighted by Gasteiger charge is 2.15. The van der Waals surface area contributed by atoms with Gasteiger partial charge < -0.3 is 14.8 Å². The lowest BCUT2D eigenvalue weighted by Gasteiger charge is -2.14. The standard InChI is InChI=1S/C21H19N3O4S/c1-12-9-19(26)24(20-14(12)5-4-6-16(20)28-3)11-18(25)23-21-22-15-8-7-13(27-2)10-17(15)29-21/h4-10H,11H2,1-3H3,(H,22,23,25). The van der Waals surface area contributed by atoms with Gasteiger partial charge in [0.2, 0.25) is 5.91 Å². The van der Waals surface area contributed by atoms with Crippen LogP contribution in [-0.4, -0.2) is 29.7 Å². The molecule has 0 fully saturated rings. The molecule has 0 aliphatic rings. The van der Waals surface area contributed by atoms with Crippen molar-refractivity contribution >= 4 is 43.5 Å². The number of nitrogens with one attached hydrogen (secondary N) is 1. The fourth-order valence-electron chi connectivity index (χ4n) is 3.28. The van der Waals surface area contributed by atoms with E-state index in [2.05, 4.69) is 10.3 Å². The predicted molar refractivity (Wildman–Crippen MR) is 114 cm³/mol. The summed E-state index contributed by atoms with van der Waals surface area (Å²) in [5.41, 5.74) is 1.94. The second kappa shape index (κ2) is 7.56. The molecule has 1 amide bonds.